The Morgan fingerprint density at radius 1 is 1.03 bits per heavy atom. The van der Waals surface area contributed by atoms with E-state index in [4.69, 9.17) is 11.6 Å². The van der Waals surface area contributed by atoms with Gasteiger partial charge in [0.1, 0.15) is 9.75 Å². The van der Waals surface area contributed by atoms with E-state index in [1.807, 2.05) is 42.5 Å². The van der Waals surface area contributed by atoms with E-state index in [0.29, 0.717) is 5.02 Å². The van der Waals surface area contributed by atoms with E-state index >= 15 is 0 Å². The molecule has 0 spiro atoms. The van der Waals surface area contributed by atoms with Crippen LogP contribution in [0.1, 0.15) is 25.3 Å². The largest absolute Gasteiger partial charge is 0.480 e. The van der Waals surface area contributed by atoms with Crippen LogP contribution in [0.4, 0.5) is 0 Å². The third kappa shape index (κ3) is 3.26. The molecule has 1 heterocycles. The van der Waals surface area contributed by atoms with Gasteiger partial charge in [0.25, 0.3) is 10.0 Å². The Morgan fingerprint density at radius 3 is 2.27 bits per heavy atom. The van der Waals surface area contributed by atoms with Crippen LogP contribution >= 0.6 is 22.9 Å². The predicted octanol–water partition coefficient (Wildman–Crippen LogP) is 4.99. The van der Waals surface area contributed by atoms with Crippen molar-refractivity contribution in [2.75, 3.05) is 0 Å². The number of sulfonamides is 1. The molecule has 4 rings (SSSR count). The Kier molecular flexibility index (Phi) is 5.05. The maximum absolute atomic E-state index is 13.2. The summed E-state index contributed by atoms with van der Waals surface area (Å²) in [4.78, 5) is 13.1. The molecule has 2 atom stereocenters. The fourth-order valence-corrected chi connectivity index (χ4v) is 7.15. The summed E-state index contributed by atoms with van der Waals surface area (Å²) < 4.78 is 28.9. The Balaban J connectivity index is 1.68. The van der Waals surface area contributed by atoms with Crippen LogP contribution < -0.4 is 4.72 Å². The number of hydrogen-bond acceptors (Lipinski definition) is 4. The van der Waals surface area contributed by atoms with Crippen molar-refractivity contribution >= 4 is 38.9 Å². The van der Waals surface area contributed by atoms with Crippen LogP contribution in [0.3, 0.4) is 0 Å². The molecule has 0 aliphatic heterocycles. The minimum Gasteiger partial charge on any atom is -0.480 e. The highest BCUT2D eigenvalue weighted by Crippen LogP contribution is 2.68. The van der Waals surface area contributed by atoms with Gasteiger partial charge in [0.15, 0.2) is 0 Å². The average molecular weight is 462 g/mol. The Morgan fingerprint density at radius 2 is 1.67 bits per heavy atom. The van der Waals surface area contributed by atoms with Gasteiger partial charge < -0.3 is 5.11 Å². The Bertz CT molecular complexity index is 1200. The normalized spacial score (nSPS) is 22.6. The smallest absolute Gasteiger partial charge is 0.326 e. The maximum atomic E-state index is 13.2. The fraction of sp³-hybridized carbons (Fsp3) is 0.227. The molecule has 0 saturated heterocycles. The average Bonchev–Trinajstić information content (AvgIpc) is 3.01. The van der Waals surface area contributed by atoms with Crippen molar-refractivity contribution in [2.24, 2.45) is 5.41 Å². The summed E-state index contributed by atoms with van der Waals surface area (Å²) in [6, 6.07) is 19.4. The van der Waals surface area contributed by atoms with Crippen LogP contribution in [-0.2, 0) is 14.8 Å². The van der Waals surface area contributed by atoms with E-state index in [0.717, 1.165) is 27.3 Å². The monoisotopic (exact) mass is 461 g/mol. The standard InChI is InChI=1S/C22H20ClNO4S2/c1-21(2)19(15-6-4-3-5-7-15)22(21,20(25)26)24-30(27,28)18-13-12-17(29-18)14-8-10-16(23)11-9-14/h3-13,19,24H,1-2H3,(H,25,26)/t19-,22-/m0/s1. The number of nitrogens with one attached hydrogen (secondary N) is 1. The summed E-state index contributed by atoms with van der Waals surface area (Å²) in [7, 11) is -4.05. The second-order valence-electron chi connectivity index (χ2n) is 7.91. The van der Waals surface area contributed by atoms with Crippen LogP contribution in [0.25, 0.3) is 10.4 Å². The lowest BCUT2D eigenvalue weighted by Gasteiger charge is -2.17. The van der Waals surface area contributed by atoms with Crippen molar-refractivity contribution in [3.63, 3.8) is 0 Å². The lowest BCUT2D eigenvalue weighted by Crippen LogP contribution is -2.47. The van der Waals surface area contributed by atoms with E-state index in [1.54, 1.807) is 32.0 Å². The summed E-state index contributed by atoms with van der Waals surface area (Å²) in [6.45, 7) is 3.55. The number of halogens is 1. The van der Waals surface area contributed by atoms with Crippen molar-refractivity contribution in [3.05, 3.63) is 77.3 Å². The molecule has 2 aromatic carbocycles. The number of carboxylic acids is 1. The molecule has 8 heteroatoms. The topological polar surface area (TPSA) is 83.5 Å². The minimum absolute atomic E-state index is 0.0718. The molecule has 0 amide bonds. The summed E-state index contributed by atoms with van der Waals surface area (Å²) in [5.41, 5.74) is -0.769. The number of rotatable bonds is 6. The van der Waals surface area contributed by atoms with Crippen molar-refractivity contribution in [1.29, 1.82) is 0 Å². The first kappa shape index (κ1) is 21.1. The highest BCUT2D eigenvalue weighted by molar-refractivity contribution is 7.91. The van der Waals surface area contributed by atoms with Gasteiger partial charge in [-0.1, -0.05) is 67.9 Å². The van der Waals surface area contributed by atoms with Crippen molar-refractivity contribution in [2.45, 2.75) is 29.5 Å². The third-order valence-electron chi connectivity index (χ3n) is 5.83. The Labute approximate surface area is 184 Å². The number of aliphatic carboxylic acids is 1. The lowest BCUT2D eigenvalue weighted by atomic mass is 10.0. The first-order valence-electron chi connectivity index (χ1n) is 9.28. The number of thiophene rings is 1. The Hall–Kier alpha value is -2.19. The van der Waals surface area contributed by atoms with Gasteiger partial charge in [-0.15, -0.1) is 11.3 Å². The molecular weight excluding hydrogens is 442 g/mol. The molecule has 1 aromatic heterocycles. The zero-order valence-electron chi connectivity index (χ0n) is 16.3. The number of hydrogen-bond donors (Lipinski definition) is 2. The van der Waals surface area contributed by atoms with Crippen molar-refractivity contribution in [3.8, 4) is 10.4 Å². The zero-order valence-corrected chi connectivity index (χ0v) is 18.7. The van der Waals surface area contributed by atoms with Crippen LogP contribution in [0.2, 0.25) is 5.02 Å². The summed E-state index contributed by atoms with van der Waals surface area (Å²) in [5, 5.41) is 10.6. The summed E-state index contributed by atoms with van der Waals surface area (Å²) in [5.74, 6) is -1.66. The lowest BCUT2D eigenvalue weighted by molar-refractivity contribution is -0.141. The predicted molar refractivity (Wildman–Crippen MR) is 118 cm³/mol. The second kappa shape index (κ2) is 7.20. The fourth-order valence-electron chi connectivity index (χ4n) is 4.20. The SMILES string of the molecule is CC1(C)[C@H](c2ccccc2)[C@]1(NS(=O)(=O)c1ccc(-c2ccc(Cl)cc2)s1)C(=O)O. The van der Waals surface area contributed by atoms with Gasteiger partial charge in [-0.3, -0.25) is 4.79 Å². The molecule has 1 aliphatic rings. The molecule has 0 bridgehead atoms. The van der Waals surface area contributed by atoms with Crippen LogP contribution in [-0.4, -0.2) is 25.0 Å². The summed E-state index contributed by atoms with van der Waals surface area (Å²) >= 11 is 7.01. The summed E-state index contributed by atoms with van der Waals surface area (Å²) in [6.07, 6.45) is 0. The van der Waals surface area contributed by atoms with E-state index in [1.165, 1.54) is 6.07 Å². The molecule has 5 nitrogen and oxygen atoms in total. The van der Waals surface area contributed by atoms with Gasteiger partial charge in [-0.05, 0) is 35.4 Å². The molecule has 0 radical (unpaired) electrons. The first-order valence-corrected chi connectivity index (χ1v) is 12.0. The quantitative estimate of drug-likeness (QED) is 0.541. The van der Waals surface area contributed by atoms with Crippen LogP contribution in [0.5, 0.6) is 0 Å². The third-order valence-corrected chi connectivity index (χ3v) is 9.17. The molecule has 0 unspecified atom stereocenters. The van der Waals surface area contributed by atoms with Gasteiger partial charge >= 0.3 is 5.97 Å². The van der Waals surface area contributed by atoms with Gasteiger partial charge in [-0.25, -0.2) is 8.42 Å². The molecule has 1 saturated carbocycles. The maximum Gasteiger partial charge on any atom is 0.326 e. The first-order chi connectivity index (χ1) is 14.1. The molecular formula is C22H20ClNO4S2. The van der Waals surface area contributed by atoms with Gasteiger partial charge in [0.2, 0.25) is 0 Å². The molecule has 156 valence electrons. The number of carboxylic acid groups (broad SMARTS) is 1. The van der Waals surface area contributed by atoms with Crippen molar-refractivity contribution < 1.29 is 18.3 Å². The van der Waals surface area contributed by atoms with Gasteiger partial charge in [0.05, 0.1) is 0 Å². The molecule has 2 N–H and O–H groups in total. The highest BCUT2D eigenvalue weighted by Gasteiger charge is 2.78. The van der Waals surface area contributed by atoms with Crippen molar-refractivity contribution in [1.82, 2.24) is 4.72 Å². The van der Waals surface area contributed by atoms with E-state index < -0.39 is 32.9 Å². The van der Waals surface area contributed by atoms with E-state index in [9.17, 15) is 18.3 Å². The van der Waals surface area contributed by atoms with E-state index in [-0.39, 0.29) is 4.21 Å². The molecule has 1 aliphatic carbocycles. The van der Waals surface area contributed by atoms with E-state index in [2.05, 4.69) is 4.72 Å². The number of benzene rings is 2. The molecule has 30 heavy (non-hydrogen) atoms. The molecule has 3 aromatic rings. The van der Waals surface area contributed by atoms with Gasteiger partial charge in [0, 0.05) is 21.2 Å². The van der Waals surface area contributed by atoms with Crippen LogP contribution in [0, 0.1) is 5.41 Å². The van der Waals surface area contributed by atoms with Gasteiger partial charge in [-0.2, -0.15) is 4.72 Å². The highest BCUT2D eigenvalue weighted by atomic mass is 35.5. The number of carbonyl (C=O) groups is 1. The van der Waals surface area contributed by atoms with Crippen LogP contribution in [0.15, 0.2) is 70.9 Å². The minimum atomic E-state index is -4.05. The molecule has 1 fully saturated rings. The zero-order chi connectivity index (χ0) is 21.7. The second-order valence-corrected chi connectivity index (χ2v) is 11.3.